The minimum Gasteiger partial charge on any atom is -0.476 e. The van der Waals surface area contributed by atoms with Gasteiger partial charge in [-0.1, -0.05) is 6.92 Å². The van der Waals surface area contributed by atoms with Crippen LogP contribution in [0, 0.1) is 12.8 Å². The van der Waals surface area contributed by atoms with Gasteiger partial charge in [-0.2, -0.15) is 0 Å². The van der Waals surface area contributed by atoms with Gasteiger partial charge in [-0.15, -0.1) is 11.3 Å². The third kappa shape index (κ3) is 1.91. The predicted octanol–water partition coefficient (Wildman–Crippen LogP) is 2.38. The summed E-state index contributed by atoms with van der Waals surface area (Å²) in [7, 11) is 0. The average molecular weight is 240 g/mol. The summed E-state index contributed by atoms with van der Waals surface area (Å²) in [5.41, 5.74) is 0.201. The molecule has 0 radical (unpaired) electrons. The lowest BCUT2D eigenvalue weighted by Gasteiger charge is -2.19. The van der Waals surface area contributed by atoms with Crippen LogP contribution in [0.2, 0.25) is 0 Å². The third-order valence-corrected chi connectivity index (χ3v) is 4.03. The topological polar surface area (TPSA) is 53.4 Å². The van der Waals surface area contributed by atoms with Gasteiger partial charge in [0.1, 0.15) is 0 Å². The molecule has 1 aliphatic rings. The monoisotopic (exact) mass is 240 g/mol. The van der Waals surface area contributed by atoms with Gasteiger partial charge >= 0.3 is 5.97 Å². The second kappa shape index (κ2) is 4.05. The van der Waals surface area contributed by atoms with Crippen LogP contribution in [-0.4, -0.2) is 28.6 Å². The molecule has 0 amide bonds. The molecule has 1 aromatic rings. The molecule has 0 aromatic carbocycles. The Bertz CT molecular complexity index is 416. The summed E-state index contributed by atoms with van der Waals surface area (Å²) in [6, 6.07) is 0.460. The molecule has 88 valence electrons. The Morgan fingerprint density at radius 3 is 2.69 bits per heavy atom. The zero-order chi connectivity index (χ0) is 11.9. The molecule has 0 saturated carbocycles. The molecule has 1 saturated heterocycles. The van der Waals surface area contributed by atoms with Crippen molar-refractivity contribution in [3.8, 4) is 0 Å². The Morgan fingerprint density at radius 1 is 1.56 bits per heavy atom. The lowest BCUT2D eigenvalue weighted by atomic mass is 10.1. The van der Waals surface area contributed by atoms with Crippen LogP contribution in [0.4, 0.5) is 5.13 Å². The fourth-order valence-electron chi connectivity index (χ4n) is 2.27. The van der Waals surface area contributed by atoms with E-state index in [0.29, 0.717) is 12.0 Å². The Labute approximate surface area is 98.9 Å². The van der Waals surface area contributed by atoms with E-state index < -0.39 is 5.97 Å². The number of nitrogens with zero attached hydrogens (tertiary/aromatic N) is 2. The zero-order valence-corrected chi connectivity index (χ0v) is 10.5. The Balaban J connectivity index is 2.28. The fraction of sp³-hybridized carbons (Fsp3) is 0.636. The van der Waals surface area contributed by atoms with Crippen molar-refractivity contribution in [3.05, 3.63) is 10.6 Å². The number of carboxylic acid groups (broad SMARTS) is 1. The molecule has 1 N–H and O–H groups in total. The molecule has 1 aromatic heterocycles. The van der Waals surface area contributed by atoms with Gasteiger partial charge in [-0.25, -0.2) is 9.78 Å². The molecule has 2 rings (SSSR count). The largest absolute Gasteiger partial charge is 0.476 e. The number of aryl methyl sites for hydroxylation is 1. The molecular formula is C11H16N2O2S. The van der Waals surface area contributed by atoms with E-state index in [0.717, 1.165) is 23.0 Å². The molecule has 1 aliphatic heterocycles. The molecule has 0 spiro atoms. The quantitative estimate of drug-likeness (QED) is 0.862. The lowest BCUT2D eigenvalue weighted by molar-refractivity contribution is 0.0690. The summed E-state index contributed by atoms with van der Waals surface area (Å²) in [5, 5.41) is 9.82. The molecule has 2 unspecified atom stereocenters. The predicted molar refractivity (Wildman–Crippen MR) is 64.4 cm³/mol. The first-order valence-electron chi connectivity index (χ1n) is 5.46. The van der Waals surface area contributed by atoms with Crippen LogP contribution < -0.4 is 4.90 Å². The van der Waals surface area contributed by atoms with E-state index in [2.05, 4.69) is 23.7 Å². The highest BCUT2D eigenvalue weighted by Gasteiger charge is 2.29. The van der Waals surface area contributed by atoms with Gasteiger partial charge in [0.2, 0.25) is 0 Å². The van der Waals surface area contributed by atoms with E-state index in [4.69, 9.17) is 5.11 Å². The second-order valence-corrected chi connectivity index (χ2v) is 5.73. The lowest BCUT2D eigenvalue weighted by Crippen LogP contribution is -2.26. The normalized spacial score (nSPS) is 25.1. The van der Waals surface area contributed by atoms with Crippen molar-refractivity contribution >= 4 is 22.4 Å². The fourth-order valence-corrected chi connectivity index (χ4v) is 3.28. The number of carbonyl (C=O) groups is 1. The van der Waals surface area contributed by atoms with E-state index in [-0.39, 0.29) is 5.69 Å². The number of hydrogen-bond donors (Lipinski definition) is 1. The van der Waals surface area contributed by atoms with E-state index in [1.165, 1.54) is 11.3 Å². The Hall–Kier alpha value is -1.10. The maximum atomic E-state index is 10.9. The van der Waals surface area contributed by atoms with Crippen LogP contribution in [0.3, 0.4) is 0 Å². The summed E-state index contributed by atoms with van der Waals surface area (Å²) < 4.78 is 0. The second-order valence-electron chi connectivity index (χ2n) is 4.55. The van der Waals surface area contributed by atoms with Crippen LogP contribution >= 0.6 is 11.3 Å². The molecule has 1 fully saturated rings. The van der Waals surface area contributed by atoms with E-state index in [9.17, 15) is 4.79 Å². The highest BCUT2D eigenvalue weighted by atomic mass is 32.1. The van der Waals surface area contributed by atoms with Gasteiger partial charge in [-0.05, 0) is 26.2 Å². The standard InChI is InChI=1S/C11H16N2O2S/c1-6-4-7(2)13(5-6)11-12-9(10(14)15)8(3)16-11/h6-7H,4-5H2,1-3H3,(H,14,15). The van der Waals surface area contributed by atoms with Crippen molar-refractivity contribution in [2.75, 3.05) is 11.4 Å². The van der Waals surface area contributed by atoms with Crippen LogP contribution in [-0.2, 0) is 0 Å². The van der Waals surface area contributed by atoms with Crippen molar-refractivity contribution in [1.29, 1.82) is 0 Å². The number of rotatable bonds is 2. The average Bonchev–Trinajstić information content (AvgIpc) is 2.69. The third-order valence-electron chi connectivity index (χ3n) is 3.02. The van der Waals surface area contributed by atoms with Gasteiger partial charge in [0.15, 0.2) is 10.8 Å². The Morgan fingerprint density at radius 2 is 2.25 bits per heavy atom. The smallest absolute Gasteiger partial charge is 0.355 e. The van der Waals surface area contributed by atoms with E-state index >= 15 is 0 Å². The van der Waals surface area contributed by atoms with Crippen molar-refractivity contribution in [2.24, 2.45) is 5.92 Å². The van der Waals surface area contributed by atoms with Crippen LogP contribution in [0.5, 0.6) is 0 Å². The van der Waals surface area contributed by atoms with Crippen LogP contribution in [0.15, 0.2) is 0 Å². The zero-order valence-electron chi connectivity index (χ0n) is 9.73. The van der Waals surface area contributed by atoms with Gasteiger partial charge in [0.05, 0.1) is 0 Å². The molecular weight excluding hydrogens is 224 g/mol. The molecule has 16 heavy (non-hydrogen) atoms. The summed E-state index contributed by atoms with van der Waals surface area (Å²) in [6.45, 7) is 7.18. The maximum absolute atomic E-state index is 10.9. The highest BCUT2D eigenvalue weighted by molar-refractivity contribution is 7.15. The van der Waals surface area contributed by atoms with Crippen LogP contribution in [0.25, 0.3) is 0 Å². The first-order chi connectivity index (χ1) is 7.49. The number of anilines is 1. The van der Waals surface area contributed by atoms with Crippen molar-refractivity contribution < 1.29 is 9.90 Å². The van der Waals surface area contributed by atoms with Gasteiger partial charge < -0.3 is 10.0 Å². The minimum atomic E-state index is -0.931. The number of aromatic carboxylic acids is 1. The first-order valence-corrected chi connectivity index (χ1v) is 6.28. The van der Waals surface area contributed by atoms with E-state index in [1.54, 1.807) is 0 Å². The molecule has 0 bridgehead atoms. The molecule has 2 heterocycles. The molecule has 0 aliphatic carbocycles. The number of carboxylic acids is 1. The number of thiazole rings is 1. The number of hydrogen-bond acceptors (Lipinski definition) is 4. The molecule has 5 heteroatoms. The first kappa shape index (κ1) is 11.4. The van der Waals surface area contributed by atoms with Crippen molar-refractivity contribution in [2.45, 2.75) is 33.2 Å². The number of aromatic nitrogens is 1. The van der Waals surface area contributed by atoms with Gasteiger partial charge in [0.25, 0.3) is 0 Å². The van der Waals surface area contributed by atoms with Gasteiger partial charge in [0, 0.05) is 17.5 Å². The summed E-state index contributed by atoms with van der Waals surface area (Å²) in [4.78, 5) is 18.1. The van der Waals surface area contributed by atoms with Crippen molar-refractivity contribution in [3.63, 3.8) is 0 Å². The molecule has 2 atom stereocenters. The van der Waals surface area contributed by atoms with Crippen LogP contribution in [0.1, 0.15) is 35.6 Å². The summed E-state index contributed by atoms with van der Waals surface area (Å²) >= 11 is 1.48. The van der Waals surface area contributed by atoms with Gasteiger partial charge in [-0.3, -0.25) is 0 Å². The Kier molecular flexibility index (Phi) is 2.88. The highest BCUT2D eigenvalue weighted by Crippen LogP contribution is 2.33. The van der Waals surface area contributed by atoms with Crippen molar-refractivity contribution in [1.82, 2.24) is 4.98 Å². The molecule has 4 nitrogen and oxygen atoms in total. The summed E-state index contributed by atoms with van der Waals surface area (Å²) in [6.07, 6.45) is 1.15. The maximum Gasteiger partial charge on any atom is 0.355 e. The summed E-state index contributed by atoms with van der Waals surface area (Å²) in [5.74, 6) is -0.271. The SMILES string of the molecule is Cc1sc(N2CC(C)CC2C)nc1C(=O)O. The van der Waals surface area contributed by atoms with E-state index in [1.807, 2.05) is 6.92 Å². The minimum absolute atomic E-state index is 0.201.